The first-order valence-corrected chi connectivity index (χ1v) is 11.5. The zero-order chi connectivity index (χ0) is 23.2. The molecule has 0 bridgehead atoms. The third kappa shape index (κ3) is 3.85. The van der Waals surface area contributed by atoms with Gasteiger partial charge in [0, 0.05) is 15.5 Å². The molecular weight excluding hydrogens is 444 g/mol. The number of rotatable bonds is 4. The number of thiazole rings is 1. The number of anilines is 1. The minimum atomic E-state index is -0.781. The van der Waals surface area contributed by atoms with Gasteiger partial charge in [0.25, 0.3) is 5.78 Å². The minimum absolute atomic E-state index is 0.0418. The smallest absolute Gasteiger partial charge is 0.301 e. The monoisotopic (exact) mass is 466 g/mol. The molecule has 1 aromatic heterocycles. The molecule has 1 aliphatic rings. The summed E-state index contributed by atoms with van der Waals surface area (Å²) in [6.45, 7) is 7.99. The molecule has 0 saturated carbocycles. The highest BCUT2D eigenvalue weighted by molar-refractivity contribution is 7.16. The van der Waals surface area contributed by atoms with Crippen molar-refractivity contribution >= 4 is 45.5 Å². The first kappa shape index (κ1) is 22.2. The Hall–Kier alpha value is -2.96. The maximum absolute atomic E-state index is 13.2. The van der Waals surface area contributed by atoms with Crippen molar-refractivity contribution in [3.63, 3.8) is 0 Å². The van der Waals surface area contributed by atoms with Crippen molar-refractivity contribution in [1.29, 1.82) is 0 Å². The molecule has 1 unspecified atom stereocenters. The lowest BCUT2D eigenvalue weighted by atomic mass is 9.93. The Morgan fingerprint density at radius 2 is 1.69 bits per heavy atom. The number of aromatic nitrogens is 1. The summed E-state index contributed by atoms with van der Waals surface area (Å²) < 4.78 is 0. The molecule has 1 atom stereocenters. The second-order valence-electron chi connectivity index (χ2n) is 8.14. The topological polar surface area (TPSA) is 70.5 Å². The zero-order valence-corrected chi connectivity index (χ0v) is 19.8. The molecule has 0 radical (unpaired) electrons. The van der Waals surface area contributed by atoms with Gasteiger partial charge in [-0.25, -0.2) is 4.98 Å². The second-order valence-corrected chi connectivity index (χ2v) is 9.75. The van der Waals surface area contributed by atoms with Gasteiger partial charge in [0.05, 0.1) is 17.3 Å². The molecular formula is C25H23ClN2O3S. The van der Waals surface area contributed by atoms with Crippen LogP contribution in [0.2, 0.25) is 5.02 Å². The predicted molar refractivity (Wildman–Crippen MR) is 128 cm³/mol. The van der Waals surface area contributed by atoms with Gasteiger partial charge in [-0.2, -0.15) is 0 Å². The summed E-state index contributed by atoms with van der Waals surface area (Å²) in [6, 6.07) is 13.5. The van der Waals surface area contributed by atoms with Crippen LogP contribution in [0.5, 0.6) is 0 Å². The quantitative estimate of drug-likeness (QED) is 0.284. The Bertz CT molecular complexity index is 1210. The summed E-state index contributed by atoms with van der Waals surface area (Å²) in [5.41, 5.74) is 3.14. The first-order valence-electron chi connectivity index (χ1n) is 10.3. The van der Waals surface area contributed by atoms with Crippen molar-refractivity contribution in [3.05, 3.63) is 86.4 Å². The van der Waals surface area contributed by atoms with E-state index in [9.17, 15) is 14.7 Å². The normalized spacial score (nSPS) is 18.1. The van der Waals surface area contributed by atoms with Crippen molar-refractivity contribution in [2.45, 2.75) is 39.7 Å². The molecule has 3 aromatic rings. The Morgan fingerprint density at radius 1 is 1.06 bits per heavy atom. The third-order valence-electron chi connectivity index (χ3n) is 5.70. The first-order chi connectivity index (χ1) is 15.2. The highest BCUT2D eigenvalue weighted by Gasteiger charge is 2.48. The Labute approximate surface area is 196 Å². The molecule has 5 nitrogen and oxygen atoms in total. The lowest BCUT2D eigenvalue weighted by Crippen LogP contribution is -2.29. The highest BCUT2D eigenvalue weighted by atomic mass is 35.5. The average Bonchev–Trinajstić information content (AvgIpc) is 3.23. The molecule has 164 valence electrons. The van der Waals surface area contributed by atoms with Crippen molar-refractivity contribution < 1.29 is 14.7 Å². The number of amides is 1. The molecule has 1 N–H and O–H groups in total. The molecule has 32 heavy (non-hydrogen) atoms. The molecule has 7 heteroatoms. The van der Waals surface area contributed by atoms with Crippen molar-refractivity contribution in [2.24, 2.45) is 0 Å². The summed E-state index contributed by atoms with van der Waals surface area (Å²) in [5.74, 6) is -1.33. The molecule has 1 fully saturated rings. The van der Waals surface area contributed by atoms with Crippen LogP contribution < -0.4 is 4.90 Å². The number of hydrogen-bond donors (Lipinski definition) is 1. The summed E-state index contributed by atoms with van der Waals surface area (Å²) in [5, 5.41) is 12.1. The Morgan fingerprint density at radius 3 is 2.22 bits per heavy atom. The largest absolute Gasteiger partial charge is 0.507 e. The van der Waals surface area contributed by atoms with E-state index in [-0.39, 0.29) is 11.3 Å². The molecule has 4 rings (SSSR count). The predicted octanol–water partition coefficient (Wildman–Crippen LogP) is 6.16. The third-order valence-corrected chi connectivity index (χ3v) is 7.03. The van der Waals surface area contributed by atoms with Gasteiger partial charge in [0.15, 0.2) is 5.13 Å². The van der Waals surface area contributed by atoms with Crippen LogP contribution in [0.15, 0.2) is 54.1 Å². The Kier molecular flexibility index (Phi) is 5.93. The molecule has 0 aliphatic carbocycles. The van der Waals surface area contributed by atoms with Crippen LogP contribution in [0.1, 0.15) is 53.1 Å². The number of nitrogens with zero attached hydrogens (tertiary/aromatic N) is 2. The van der Waals surface area contributed by atoms with E-state index in [2.05, 4.69) is 18.8 Å². The van der Waals surface area contributed by atoms with Crippen molar-refractivity contribution in [3.8, 4) is 0 Å². The maximum Gasteiger partial charge on any atom is 0.301 e. The van der Waals surface area contributed by atoms with E-state index in [4.69, 9.17) is 11.6 Å². The summed E-state index contributed by atoms with van der Waals surface area (Å²) in [7, 11) is 0. The van der Waals surface area contributed by atoms with Crippen LogP contribution >= 0.6 is 22.9 Å². The molecule has 1 aliphatic heterocycles. The van der Waals surface area contributed by atoms with Crippen LogP contribution in [-0.2, 0) is 9.59 Å². The number of aryl methyl sites for hydroxylation is 2. The van der Waals surface area contributed by atoms with Crippen molar-refractivity contribution in [2.75, 3.05) is 4.90 Å². The van der Waals surface area contributed by atoms with Crippen LogP contribution in [0, 0.1) is 13.8 Å². The number of hydrogen-bond acceptors (Lipinski definition) is 5. The number of aliphatic hydroxyl groups excluding tert-OH is 1. The summed E-state index contributed by atoms with van der Waals surface area (Å²) in [6.07, 6.45) is 0. The SMILES string of the molecule is Cc1nc(N2C(=O)C(=O)/C(=C(/O)c3ccc(Cl)cc3)C2c2ccc(C(C)C)cc2)sc1C. The number of halogens is 1. The highest BCUT2D eigenvalue weighted by Crippen LogP contribution is 2.44. The van der Waals surface area contributed by atoms with Gasteiger partial charge in [0.2, 0.25) is 0 Å². The second kappa shape index (κ2) is 8.52. The van der Waals surface area contributed by atoms with Gasteiger partial charge in [-0.05, 0) is 55.2 Å². The lowest BCUT2D eigenvalue weighted by Gasteiger charge is -2.23. The number of benzene rings is 2. The number of carbonyl (C=O) groups excluding carboxylic acids is 2. The summed E-state index contributed by atoms with van der Waals surface area (Å²) in [4.78, 5) is 33.2. The standard InChI is InChI=1S/C25H23ClN2O3S/c1-13(2)16-5-7-17(8-6-16)21-20(22(29)18-9-11-19(26)12-10-18)23(30)24(31)28(21)25-27-14(3)15(4)32-25/h5-13,21,29H,1-4H3/b22-20+. The van der Waals surface area contributed by atoms with Gasteiger partial charge < -0.3 is 5.11 Å². The average molecular weight is 467 g/mol. The van der Waals surface area contributed by atoms with Gasteiger partial charge in [0.1, 0.15) is 5.76 Å². The van der Waals surface area contributed by atoms with Gasteiger partial charge >= 0.3 is 5.91 Å². The van der Waals surface area contributed by atoms with E-state index in [0.717, 1.165) is 21.7 Å². The zero-order valence-electron chi connectivity index (χ0n) is 18.2. The van der Waals surface area contributed by atoms with Gasteiger partial charge in [-0.15, -0.1) is 11.3 Å². The fraction of sp³-hybridized carbons (Fsp3) is 0.240. The maximum atomic E-state index is 13.2. The van der Waals surface area contributed by atoms with E-state index < -0.39 is 17.7 Å². The van der Waals surface area contributed by atoms with Crippen molar-refractivity contribution in [1.82, 2.24) is 4.98 Å². The summed E-state index contributed by atoms with van der Waals surface area (Å²) >= 11 is 7.33. The van der Waals surface area contributed by atoms with Crippen LogP contribution in [0.4, 0.5) is 5.13 Å². The lowest BCUT2D eigenvalue weighted by molar-refractivity contribution is -0.132. The number of aliphatic hydroxyl groups is 1. The van der Waals surface area contributed by atoms with Crippen LogP contribution in [0.3, 0.4) is 0 Å². The molecule has 2 aromatic carbocycles. The number of ketones is 1. The fourth-order valence-electron chi connectivity index (χ4n) is 3.73. The van der Waals surface area contributed by atoms with E-state index in [0.29, 0.717) is 21.6 Å². The number of carbonyl (C=O) groups is 2. The molecule has 1 amide bonds. The minimum Gasteiger partial charge on any atom is -0.507 e. The molecule has 1 saturated heterocycles. The molecule has 2 heterocycles. The van der Waals surface area contributed by atoms with Crippen LogP contribution in [-0.4, -0.2) is 21.8 Å². The van der Waals surface area contributed by atoms with Gasteiger partial charge in [-0.3, -0.25) is 14.5 Å². The Balaban J connectivity index is 1.92. The number of Topliss-reactive ketones (excluding diaryl/α,β-unsaturated/α-hetero) is 1. The molecule has 0 spiro atoms. The van der Waals surface area contributed by atoms with E-state index >= 15 is 0 Å². The van der Waals surface area contributed by atoms with E-state index in [1.165, 1.54) is 16.2 Å². The fourth-order valence-corrected chi connectivity index (χ4v) is 4.79. The van der Waals surface area contributed by atoms with Gasteiger partial charge in [-0.1, -0.05) is 49.7 Å². The van der Waals surface area contributed by atoms with Crippen LogP contribution in [0.25, 0.3) is 5.76 Å². The van der Waals surface area contributed by atoms with E-state index in [1.807, 2.05) is 38.1 Å². The van der Waals surface area contributed by atoms with E-state index in [1.54, 1.807) is 24.3 Å².